The molecule has 0 fully saturated rings. The van der Waals surface area contributed by atoms with E-state index in [1.165, 1.54) is 38.1 Å². The number of hydrogen-bond donors (Lipinski definition) is 0. The minimum absolute atomic E-state index is 0.251. The van der Waals surface area contributed by atoms with Gasteiger partial charge in [0.25, 0.3) is 0 Å². The van der Waals surface area contributed by atoms with Crippen LogP contribution >= 0.6 is 11.8 Å². The van der Waals surface area contributed by atoms with E-state index in [1.807, 2.05) is 11.8 Å². The lowest BCUT2D eigenvalue weighted by atomic mass is 10.0. The third-order valence-corrected chi connectivity index (χ3v) is 7.03. The molecule has 1 heterocycles. The van der Waals surface area contributed by atoms with Crippen molar-refractivity contribution < 1.29 is 0 Å². The van der Waals surface area contributed by atoms with Crippen LogP contribution in [0.2, 0.25) is 0 Å². The van der Waals surface area contributed by atoms with Crippen molar-refractivity contribution in [2.75, 3.05) is 0 Å². The predicted octanol–water partition coefficient (Wildman–Crippen LogP) is 7.88. The largest absolute Gasteiger partial charge is 0.342 e. The molecule has 0 atom stereocenters. The SMILES string of the molecule is Cc1ccc(Cn2cc(SC(c3ccccc3)c3ccccc3)c3ccccc32)cc1. The maximum Gasteiger partial charge on any atom is 0.0594 e. The number of aryl methyl sites for hydroxylation is 1. The zero-order valence-electron chi connectivity index (χ0n) is 17.6. The highest BCUT2D eigenvalue weighted by Crippen LogP contribution is 2.43. The summed E-state index contributed by atoms with van der Waals surface area (Å²) in [5.41, 5.74) is 6.56. The lowest BCUT2D eigenvalue weighted by Crippen LogP contribution is -1.98. The van der Waals surface area contributed by atoms with Crippen molar-refractivity contribution in [3.63, 3.8) is 0 Å². The second-order valence-electron chi connectivity index (χ2n) is 7.94. The van der Waals surface area contributed by atoms with Gasteiger partial charge in [0.05, 0.1) is 5.25 Å². The molecule has 0 bridgehead atoms. The first kappa shape index (κ1) is 19.7. The van der Waals surface area contributed by atoms with Gasteiger partial charge in [0.1, 0.15) is 0 Å². The minimum atomic E-state index is 0.251. The zero-order chi connectivity index (χ0) is 21.0. The van der Waals surface area contributed by atoms with Crippen LogP contribution in [0.3, 0.4) is 0 Å². The van der Waals surface area contributed by atoms with Gasteiger partial charge in [-0.1, -0.05) is 109 Å². The Balaban J connectivity index is 1.55. The average molecular weight is 420 g/mol. The summed E-state index contributed by atoms with van der Waals surface area (Å²) in [4.78, 5) is 1.32. The molecule has 0 aliphatic carbocycles. The second-order valence-corrected chi connectivity index (χ2v) is 9.09. The van der Waals surface area contributed by atoms with Crippen molar-refractivity contribution >= 4 is 22.7 Å². The van der Waals surface area contributed by atoms with Crippen LogP contribution in [0.25, 0.3) is 10.9 Å². The summed E-state index contributed by atoms with van der Waals surface area (Å²) in [5.74, 6) is 0. The van der Waals surface area contributed by atoms with Gasteiger partial charge in [-0.25, -0.2) is 0 Å². The number of fused-ring (bicyclic) bond motifs is 1. The molecule has 0 amide bonds. The first-order valence-corrected chi connectivity index (χ1v) is 11.6. The first-order valence-electron chi connectivity index (χ1n) is 10.7. The number of nitrogens with zero attached hydrogens (tertiary/aromatic N) is 1. The van der Waals surface area contributed by atoms with E-state index in [1.54, 1.807) is 0 Å². The van der Waals surface area contributed by atoms with Gasteiger partial charge in [0.15, 0.2) is 0 Å². The average Bonchev–Trinajstić information content (AvgIpc) is 3.17. The highest BCUT2D eigenvalue weighted by atomic mass is 32.2. The van der Waals surface area contributed by atoms with Gasteiger partial charge in [-0.05, 0) is 29.7 Å². The molecule has 0 N–H and O–H groups in total. The summed E-state index contributed by atoms with van der Waals surface area (Å²) in [6, 6.07) is 39.2. The molecule has 0 unspecified atom stereocenters. The van der Waals surface area contributed by atoms with Crippen molar-refractivity contribution in [3.8, 4) is 0 Å². The number of thioether (sulfide) groups is 1. The molecule has 4 aromatic carbocycles. The first-order chi connectivity index (χ1) is 15.3. The van der Waals surface area contributed by atoms with Crippen LogP contribution in [0.4, 0.5) is 0 Å². The Hall–Kier alpha value is -3.23. The van der Waals surface area contributed by atoms with E-state index in [2.05, 4.69) is 127 Å². The maximum atomic E-state index is 2.38. The molecular weight excluding hydrogens is 394 g/mol. The standard InChI is InChI=1S/C29H25NS/c1-22-16-18-23(19-17-22)20-30-21-28(26-14-8-9-15-27(26)30)31-29(24-10-4-2-5-11-24)25-12-6-3-7-13-25/h2-19,21,29H,20H2,1H3. The van der Waals surface area contributed by atoms with E-state index < -0.39 is 0 Å². The van der Waals surface area contributed by atoms with E-state index in [9.17, 15) is 0 Å². The summed E-state index contributed by atoms with van der Waals surface area (Å²) < 4.78 is 2.38. The molecule has 0 radical (unpaired) electrons. The van der Waals surface area contributed by atoms with Crippen molar-refractivity contribution in [1.29, 1.82) is 0 Å². The molecule has 31 heavy (non-hydrogen) atoms. The van der Waals surface area contributed by atoms with Gasteiger partial charge < -0.3 is 4.57 Å². The van der Waals surface area contributed by atoms with Crippen LogP contribution < -0.4 is 0 Å². The second kappa shape index (κ2) is 8.87. The monoisotopic (exact) mass is 419 g/mol. The van der Waals surface area contributed by atoms with Gasteiger partial charge >= 0.3 is 0 Å². The summed E-state index contributed by atoms with van der Waals surface area (Å²) in [5, 5.41) is 1.57. The van der Waals surface area contributed by atoms with E-state index >= 15 is 0 Å². The summed E-state index contributed by atoms with van der Waals surface area (Å²) in [6.07, 6.45) is 2.33. The normalized spacial score (nSPS) is 11.3. The van der Waals surface area contributed by atoms with Gasteiger partial charge in [-0.15, -0.1) is 11.8 Å². The van der Waals surface area contributed by atoms with Gasteiger partial charge in [-0.3, -0.25) is 0 Å². The van der Waals surface area contributed by atoms with E-state index in [0.717, 1.165) is 6.54 Å². The third-order valence-electron chi connectivity index (χ3n) is 5.68. The van der Waals surface area contributed by atoms with Crippen molar-refractivity contribution in [2.24, 2.45) is 0 Å². The molecule has 5 aromatic rings. The summed E-state index contributed by atoms with van der Waals surface area (Å²) >= 11 is 1.94. The lowest BCUT2D eigenvalue weighted by molar-refractivity contribution is 0.829. The van der Waals surface area contributed by atoms with Crippen LogP contribution in [-0.2, 0) is 6.54 Å². The lowest BCUT2D eigenvalue weighted by Gasteiger charge is -2.17. The topological polar surface area (TPSA) is 4.93 Å². The molecule has 2 heteroatoms. The summed E-state index contributed by atoms with van der Waals surface area (Å²) in [7, 11) is 0. The van der Waals surface area contributed by atoms with Crippen LogP contribution in [-0.4, -0.2) is 4.57 Å². The highest BCUT2D eigenvalue weighted by Gasteiger charge is 2.18. The van der Waals surface area contributed by atoms with Crippen molar-refractivity contribution in [3.05, 3.63) is 138 Å². The molecule has 1 aromatic heterocycles. The smallest absolute Gasteiger partial charge is 0.0594 e. The quantitative estimate of drug-likeness (QED) is 0.253. The van der Waals surface area contributed by atoms with Crippen LogP contribution in [0.15, 0.2) is 120 Å². The van der Waals surface area contributed by atoms with E-state index in [0.29, 0.717) is 0 Å². The highest BCUT2D eigenvalue weighted by molar-refractivity contribution is 8.00. The van der Waals surface area contributed by atoms with Crippen molar-refractivity contribution in [2.45, 2.75) is 23.6 Å². The third kappa shape index (κ3) is 4.30. The van der Waals surface area contributed by atoms with Crippen LogP contribution in [0.5, 0.6) is 0 Å². The molecule has 0 saturated carbocycles. The Morgan fingerprint density at radius 2 is 1.26 bits per heavy atom. The fourth-order valence-corrected chi connectivity index (χ4v) is 5.37. The van der Waals surface area contributed by atoms with Crippen LogP contribution in [0.1, 0.15) is 27.5 Å². The number of hydrogen-bond acceptors (Lipinski definition) is 1. The molecule has 0 aliphatic rings. The Kier molecular flexibility index (Phi) is 5.64. The molecule has 0 saturated heterocycles. The van der Waals surface area contributed by atoms with E-state index in [-0.39, 0.29) is 5.25 Å². The zero-order valence-corrected chi connectivity index (χ0v) is 18.4. The fraction of sp³-hybridized carbons (Fsp3) is 0.103. The number of benzene rings is 4. The number of rotatable bonds is 6. The predicted molar refractivity (Wildman–Crippen MR) is 133 cm³/mol. The van der Waals surface area contributed by atoms with Crippen LogP contribution in [0, 0.1) is 6.92 Å². The Morgan fingerprint density at radius 3 is 1.90 bits per heavy atom. The molecule has 0 aliphatic heterocycles. The molecule has 0 spiro atoms. The molecule has 1 nitrogen and oxygen atoms in total. The molecule has 152 valence electrons. The minimum Gasteiger partial charge on any atom is -0.342 e. The van der Waals surface area contributed by atoms with Gasteiger partial charge in [0.2, 0.25) is 0 Å². The Morgan fingerprint density at radius 1 is 0.677 bits per heavy atom. The molecule has 5 rings (SSSR count). The summed E-state index contributed by atoms with van der Waals surface area (Å²) in [6.45, 7) is 3.01. The Labute approximate surface area is 188 Å². The van der Waals surface area contributed by atoms with Crippen molar-refractivity contribution in [1.82, 2.24) is 4.57 Å². The Bertz CT molecular complexity index is 1230. The van der Waals surface area contributed by atoms with Gasteiger partial charge in [-0.2, -0.15) is 0 Å². The molecular formula is C29H25NS. The number of aromatic nitrogens is 1. The van der Waals surface area contributed by atoms with Gasteiger partial charge in [0, 0.05) is 28.5 Å². The fourth-order valence-electron chi connectivity index (χ4n) is 4.04. The maximum absolute atomic E-state index is 2.38. The van der Waals surface area contributed by atoms with E-state index in [4.69, 9.17) is 0 Å². The number of para-hydroxylation sites is 1.